The maximum absolute atomic E-state index is 5.56. The van der Waals surface area contributed by atoms with Crippen LogP contribution in [0.3, 0.4) is 0 Å². The van der Waals surface area contributed by atoms with Crippen LogP contribution >= 0.6 is 0 Å². The molecule has 0 aromatic carbocycles. The highest BCUT2D eigenvalue weighted by Crippen LogP contribution is 2.30. The van der Waals surface area contributed by atoms with E-state index in [2.05, 4.69) is 17.1 Å². The number of hydrogen-bond donors (Lipinski definition) is 0. The van der Waals surface area contributed by atoms with Gasteiger partial charge in [0.05, 0.1) is 6.10 Å². The molecule has 1 aromatic heterocycles. The third kappa shape index (κ3) is 1.34. The molecule has 4 nitrogen and oxygen atoms in total. The molecule has 1 aliphatic heterocycles. The smallest absolute Gasteiger partial charge is 0.255 e. The largest absolute Gasteiger partial charge is 0.365 e. The summed E-state index contributed by atoms with van der Waals surface area (Å²) in [5.41, 5.74) is 0. The number of aromatic nitrogens is 2. The average Bonchev–Trinajstić information content (AvgIpc) is 2.58. The summed E-state index contributed by atoms with van der Waals surface area (Å²) in [5, 5.41) is 3.72. The minimum Gasteiger partial charge on any atom is -0.365 e. The van der Waals surface area contributed by atoms with Crippen LogP contribution in [0, 0.1) is 6.92 Å². The number of nitrogens with zero attached hydrogens (tertiary/aromatic N) is 2. The van der Waals surface area contributed by atoms with Gasteiger partial charge in [-0.05, 0) is 26.7 Å². The van der Waals surface area contributed by atoms with E-state index in [1.807, 2.05) is 6.92 Å². The second-order valence-electron chi connectivity index (χ2n) is 3.19. The van der Waals surface area contributed by atoms with Crippen molar-refractivity contribution in [1.29, 1.82) is 0 Å². The van der Waals surface area contributed by atoms with Crippen molar-refractivity contribution in [3.63, 3.8) is 0 Å². The van der Waals surface area contributed by atoms with Gasteiger partial charge in [-0.3, -0.25) is 0 Å². The predicted molar refractivity (Wildman–Crippen MR) is 41.6 cm³/mol. The zero-order valence-electron chi connectivity index (χ0n) is 7.28. The predicted octanol–water partition coefficient (Wildman–Crippen LogP) is 1.62. The standard InChI is InChI=1S/C8H12N2O2/c1-5-3-4-7(11-5)8-9-6(2)10-12-8/h5,7H,3-4H2,1-2H3/t5-,7-/m0/s1. The van der Waals surface area contributed by atoms with E-state index in [9.17, 15) is 0 Å². The van der Waals surface area contributed by atoms with Crippen LogP contribution in [0.4, 0.5) is 0 Å². The molecule has 2 heterocycles. The van der Waals surface area contributed by atoms with Crippen LogP contribution in [-0.4, -0.2) is 16.2 Å². The third-order valence-corrected chi connectivity index (χ3v) is 2.05. The molecule has 0 spiro atoms. The quantitative estimate of drug-likeness (QED) is 0.639. The van der Waals surface area contributed by atoms with Crippen LogP contribution in [-0.2, 0) is 4.74 Å². The van der Waals surface area contributed by atoms with Gasteiger partial charge in [0.1, 0.15) is 6.10 Å². The van der Waals surface area contributed by atoms with E-state index >= 15 is 0 Å². The Kier molecular flexibility index (Phi) is 1.84. The Morgan fingerprint density at radius 2 is 2.25 bits per heavy atom. The molecule has 0 radical (unpaired) electrons. The van der Waals surface area contributed by atoms with E-state index in [-0.39, 0.29) is 6.10 Å². The van der Waals surface area contributed by atoms with Gasteiger partial charge in [-0.25, -0.2) is 0 Å². The number of ether oxygens (including phenoxy) is 1. The van der Waals surface area contributed by atoms with Crippen molar-refractivity contribution >= 4 is 0 Å². The SMILES string of the molecule is Cc1noc([C@@H]2CC[C@H](C)O2)n1. The molecule has 0 unspecified atom stereocenters. The molecule has 1 fully saturated rings. The first-order valence-electron chi connectivity index (χ1n) is 4.21. The maximum Gasteiger partial charge on any atom is 0.255 e. The molecule has 2 atom stereocenters. The zero-order valence-corrected chi connectivity index (χ0v) is 7.28. The maximum atomic E-state index is 5.56. The molecule has 0 amide bonds. The van der Waals surface area contributed by atoms with E-state index in [0.29, 0.717) is 17.8 Å². The third-order valence-electron chi connectivity index (χ3n) is 2.05. The summed E-state index contributed by atoms with van der Waals surface area (Å²) >= 11 is 0. The molecule has 0 aliphatic carbocycles. The van der Waals surface area contributed by atoms with Crippen molar-refractivity contribution in [2.75, 3.05) is 0 Å². The summed E-state index contributed by atoms with van der Waals surface area (Å²) < 4.78 is 10.6. The number of hydrogen-bond acceptors (Lipinski definition) is 4. The van der Waals surface area contributed by atoms with Crippen molar-refractivity contribution in [2.24, 2.45) is 0 Å². The van der Waals surface area contributed by atoms with Gasteiger partial charge in [0.15, 0.2) is 5.82 Å². The molecule has 66 valence electrons. The van der Waals surface area contributed by atoms with E-state index in [0.717, 1.165) is 12.8 Å². The Balaban J connectivity index is 2.11. The van der Waals surface area contributed by atoms with Gasteiger partial charge < -0.3 is 9.26 Å². The monoisotopic (exact) mass is 168 g/mol. The van der Waals surface area contributed by atoms with E-state index in [1.165, 1.54) is 0 Å². The molecule has 1 saturated heterocycles. The Morgan fingerprint density at radius 3 is 2.75 bits per heavy atom. The first kappa shape index (κ1) is 7.73. The lowest BCUT2D eigenvalue weighted by Gasteiger charge is -2.04. The average molecular weight is 168 g/mol. The summed E-state index contributed by atoms with van der Waals surface area (Å²) in [7, 11) is 0. The molecule has 0 bridgehead atoms. The number of aryl methyl sites for hydroxylation is 1. The molecule has 2 rings (SSSR count). The lowest BCUT2D eigenvalue weighted by atomic mass is 10.2. The van der Waals surface area contributed by atoms with Crippen LogP contribution in [0.25, 0.3) is 0 Å². The molecule has 1 aliphatic rings. The molecule has 4 heteroatoms. The fourth-order valence-electron chi connectivity index (χ4n) is 1.43. The summed E-state index contributed by atoms with van der Waals surface area (Å²) in [5.74, 6) is 1.30. The number of rotatable bonds is 1. The lowest BCUT2D eigenvalue weighted by Crippen LogP contribution is -2.01. The highest BCUT2D eigenvalue weighted by atomic mass is 16.5. The Hall–Kier alpha value is -0.900. The van der Waals surface area contributed by atoms with Crippen molar-refractivity contribution < 1.29 is 9.26 Å². The van der Waals surface area contributed by atoms with E-state index in [1.54, 1.807) is 0 Å². The van der Waals surface area contributed by atoms with Crippen LogP contribution in [0.2, 0.25) is 0 Å². The zero-order chi connectivity index (χ0) is 8.55. The summed E-state index contributed by atoms with van der Waals surface area (Å²) in [4.78, 5) is 4.12. The summed E-state index contributed by atoms with van der Waals surface area (Å²) in [6, 6.07) is 0. The second kappa shape index (κ2) is 2.86. The molecule has 0 N–H and O–H groups in total. The Bertz CT molecular complexity index is 272. The fraction of sp³-hybridized carbons (Fsp3) is 0.750. The van der Waals surface area contributed by atoms with Crippen molar-refractivity contribution in [2.45, 2.75) is 38.9 Å². The first-order chi connectivity index (χ1) is 5.75. The van der Waals surface area contributed by atoms with Gasteiger partial charge >= 0.3 is 0 Å². The van der Waals surface area contributed by atoms with Crippen LogP contribution in [0.15, 0.2) is 4.52 Å². The first-order valence-corrected chi connectivity index (χ1v) is 4.21. The van der Waals surface area contributed by atoms with Gasteiger partial charge in [0, 0.05) is 0 Å². The highest BCUT2D eigenvalue weighted by molar-refractivity contribution is 4.90. The van der Waals surface area contributed by atoms with Crippen LogP contribution < -0.4 is 0 Å². The minimum absolute atomic E-state index is 0.0289. The molecule has 1 aromatic rings. The van der Waals surface area contributed by atoms with Crippen molar-refractivity contribution in [3.8, 4) is 0 Å². The van der Waals surface area contributed by atoms with Gasteiger partial charge in [-0.15, -0.1) is 0 Å². The van der Waals surface area contributed by atoms with Gasteiger partial charge in [0.2, 0.25) is 0 Å². The topological polar surface area (TPSA) is 48.2 Å². The van der Waals surface area contributed by atoms with Gasteiger partial charge in [0.25, 0.3) is 5.89 Å². The van der Waals surface area contributed by atoms with Crippen LogP contribution in [0.1, 0.15) is 37.6 Å². The van der Waals surface area contributed by atoms with Crippen LogP contribution in [0.5, 0.6) is 0 Å². The molecule has 12 heavy (non-hydrogen) atoms. The fourth-order valence-corrected chi connectivity index (χ4v) is 1.43. The lowest BCUT2D eigenvalue weighted by molar-refractivity contribution is 0.0355. The highest BCUT2D eigenvalue weighted by Gasteiger charge is 2.27. The Morgan fingerprint density at radius 1 is 1.42 bits per heavy atom. The van der Waals surface area contributed by atoms with Gasteiger partial charge in [-0.1, -0.05) is 5.16 Å². The van der Waals surface area contributed by atoms with Crippen molar-refractivity contribution in [3.05, 3.63) is 11.7 Å². The summed E-state index contributed by atoms with van der Waals surface area (Å²) in [6.45, 7) is 3.87. The van der Waals surface area contributed by atoms with E-state index < -0.39 is 0 Å². The molecular formula is C8H12N2O2. The molecular weight excluding hydrogens is 156 g/mol. The Labute approximate surface area is 70.9 Å². The van der Waals surface area contributed by atoms with E-state index in [4.69, 9.17) is 9.26 Å². The van der Waals surface area contributed by atoms with Gasteiger partial charge in [-0.2, -0.15) is 4.98 Å². The molecule has 0 saturated carbocycles. The van der Waals surface area contributed by atoms with Crippen molar-refractivity contribution in [1.82, 2.24) is 10.1 Å². The minimum atomic E-state index is 0.0289. The summed E-state index contributed by atoms with van der Waals surface area (Å²) in [6.07, 6.45) is 2.41. The normalized spacial score (nSPS) is 29.5. The second-order valence-corrected chi connectivity index (χ2v) is 3.19.